The lowest BCUT2D eigenvalue weighted by Gasteiger charge is -2.33. The van der Waals surface area contributed by atoms with E-state index in [9.17, 15) is 23.3 Å². The van der Waals surface area contributed by atoms with Crippen LogP contribution in [0.4, 0.5) is 18.9 Å². The van der Waals surface area contributed by atoms with E-state index in [1.807, 2.05) is 0 Å². The zero-order valence-electron chi connectivity index (χ0n) is 12.2. The van der Waals surface area contributed by atoms with Crippen molar-refractivity contribution < 1.29 is 18.1 Å². The number of piperidine rings is 1. The van der Waals surface area contributed by atoms with Gasteiger partial charge in [0.25, 0.3) is 5.69 Å². The van der Waals surface area contributed by atoms with E-state index in [1.165, 1.54) is 16.8 Å². The molecule has 0 saturated carbocycles. The van der Waals surface area contributed by atoms with Gasteiger partial charge in [-0.05, 0) is 25.5 Å². The lowest BCUT2D eigenvalue weighted by Crippen LogP contribution is -2.42. The minimum Gasteiger partial charge on any atom is -0.284 e. The van der Waals surface area contributed by atoms with Crippen LogP contribution in [0.3, 0.4) is 0 Å². The lowest BCUT2D eigenvalue weighted by atomic mass is 9.98. The Balaban J connectivity index is 1.81. The van der Waals surface area contributed by atoms with E-state index in [1.54, 1.807) is 17.2 Å². The summed E-state index contributed by atoms with van der Waals surface area (Å²) in [6.07, 6.45) is -2.01. The summed E-state index contributed by atoms with van der Waals surface area (Å²) < 4.78 is 40.1. The fourth-order valence-electron chi connectivity index (χ4n) is 2.93. The van der Waals surface area contributed by atoms with Crippen molar-refractivity contribution in [2.24, 2.45) is 5.92 Å². The molecule has 3 rings (SSSR count). The molecule has 6 nitrogen and oxygen atoms in total. The number of rotatable bonds is 3. The Morgan fingerprint density at radius 3 is 2.87 bits per heavy atom. The Bertz CT molecular complexity index is 728. The number of benzene rings is 1. The van der Waals surface area contributed by atoms with E-state index in [4.69, 9.17) is 0 Å². The third kappa shape index (κ3) is 3.29. The largest absolute Gasteiger partial charge is 0.393 e. The van der Waals surface area contributed by atoms with Crippen molar-refractivity contribution in [3.05, 3.63) is 34.5 Å². The molecule has 1 aromatic carbocycles. The summed E-state index contributed by atoms with van der Waals surface area (Å²) in [5, 5.41) is 15.7. The molecule has 2 heterocycles. The fourth-order valence-corrected chi connectivity index (χ4v) is 2.93. The maximum absolute atomic E-state index is 12.9. The maximum atomic E-state index is 12.9. The van der Waals surface area contributed by atoms with E-state index >= 15 is 0 Å². The molecule has 0 N–H and O–H groups in total. The van der Waals surface area contributed by atoms with Crippen molar-refractivity contribution in [1.82, 2.24) is 14.7 Å². The van der Waals surface area contributed by atoms with E-state index in [0.29, 0.717) is 18.5 Å². The number of alkyl halides is 3. The summed E-state index contributed by atoms with van der Waals surface area (Å²) >= 11 is 0. The van der Waals surface area contributed by atoms with Gasteiger partial charge in [0, 0.05) is 24.1 Å². The highest BCUT2D eigenvalue weighted by molar-refractivity contribution is 5.80. The summed E-state index contributed by atoms with van der Waals surface area (Å²) in [6.45, 7) is 0.680. The number of hydrogen-bond donors (Lipinski definition) is 0. The van der Waals surface area contributed by atoms with Crippen molar-refractivity contribution in [3.63, 3.8) is 0 Å². The molecule has 0 spiro atoms. The number of aromatic nitrogens is 2. The van der Waals surface area contributed by atoms with Crippen LogP contribution in [0.15, 0.2) is 24.4 Å². The second-order valence-corrected chi connectivity index (χ2v) is 5.74. The quantitative estimate of drug-likeness (QED) is 0.641. The van der Waals surface area contributed by atoms with E-state index in [0.717, 1.165) is 5.39 Å². The van der Waals surface area contributed by atoms with Gasteiger partial charge >= 0.3 is 6.18 Å². The molecule has 1 saturated heterocycles. The molecule has 1 aliphatic heterocycles. The van der Waals surface area contributed by atoms with E-state index in [2.05, 4.69) is 5.10 Å². The van der Waals surface area contributed by atoms with E-state index in [-0.39, 0.29) is 25.3 Å². The van der Waals surface area contributed by atoms with Crippen molar-refractivity contribution in [1.29, 1.82) is 0 Å². The summed E-state index contributed by atoms with van der Waals surface area (Å²) in [7, 11) is 0. The number of fused-ring (bicyclic) bond motifs is 1. The molecule has 1 atom stereocenters. The summed E-state index contributed by atoms with van der Waals surface area (Å²) in [6, 6.07) is 4.37. The number of hydrogen-bond acceptors (Lipinski definition) is 4. The highest BCUT2D eigenvalue weighted by Gasteiger charge is 2.41. The molecule has 0 radical (unpaired) electrons. The van der Waals surface area contributed by atoms with Crippen LogP contribution < -0.4 is 0 Å². The molecule has 0 aliphatic carbocycles. The number of nitro groups is 1. The molecule has 1 unspecified atom stereocenters. The Morgan fingerprint density at radius 2 is 2.17 bits per heavy atom. The Hall–Kier alpha value is -2.16. The van der Waals surface area contributed by atoms with Gasteiger partial charge in [-0.15, -0.1) is 0 Å². The van der Waals surface area contributed by atoms with Crippen molar-refractivity contribution in [3.8, 4) is 0 Å². The van der Waals surface area contributed by atoms with Gasteiger partial charge in [0.1, 0.15) is 0 Å². The first-order chi connectivity index (χ1) is 10.8. The van der Waals surface area contributed by atoms with Crippen LogP contribution in [-0.4, -0.2) is 38.9 Å². The first-order valence-corrected chi connectivity index (χ1v) is 7.23. The molecule has 0 amide bonds. The lowest BCUT2D eigenvalue weighted by molar-refractivity contribution is -0.384. The molecule has 0 bridgehead atoms. The van der Waals surface area contributed by atoms with Crippen LogP contribution in [0.25, 0.3) is 10.9 Å². The van der Waals surface area contributed by atoms with Crippen molar-refractivity contribution >= 4 is 16.6 Å². The van der Waals surface area contributed by atoms with Gasteiger partial charge in [0.05, 0.1) is 29.2 Å². The van der Waals surface area contributed by atoms with Gasteiger partial charge in [0.15, 0.2) is 0 Å². The maximum Gasteiger partial charge on any atom is 0.393 e. The second kappa shape index (κ2) is 5.80. The number of nitrogens with zero attached hydrogens (tertiary/aromatic N) is 4. The standard InChI is InChI=1S/C14H15F3N4O2/c15-14(16,17)11-2-1-5-19(8-11)9-20-13-6-12(21(22)23)4-3-10(13)7-18-20/h3-4,6-7,11H,1-2,5,8-9H2. The van der Waals surface area contributed by atoms with Crippen LogP contribution in [0, 0.1) is 16.0 Å². The third-order valence-electron chi connectivity index (χ3n) is 4.14. The molecule has 1 aromatic heterocycles. The first-order valence-electron chi connectivity index (χ1n) is 7.23. The normalized spacial score (nSPS) is 20.0. The summed E-state index contributed by atoms with van der Waals surface area (Å²) in [5.74, 6) is -1.33. The average molecular weight is 328 g/mol. The van der Waals surface area contributed by atoms with Gasteiger partial charge in [0.2, 0.25) is 0 Å². The minimum absolute atomic E-state index is 0.0638. The zero-order valence-corrected chi connectivity index (χ0v) is 12.2. The average Bonchev–Trinajstić information content (AvgIpc) is 2.89. The first kappa shape index (κ1) is 15.7. The Kier molecular flexibility index (Phi) is 3.97. The smallest absolute Gasteiger partial charge is 0.284 e. The second-order valence-electron chi connectivity index (χ2n) is 5.74. The number of likely N-dealkylation sites (tertiary alicyclic amines) is 1. The van der Waals surface area contributed by atoms with Gasteiger partial charge in [-0.2, -0.15) is 18.3 Å². The van der Waals surface area contributed by atoms with Crippen molar-refractivity contribution in [2.75, 3.05) is 13.1 Å². The Labute approximate surface area is 129 Å². The van der Waals surface area contributed by atoms with Gasteiger partial charge in [-0.25, -0.2) is 0 Å². The minimum atomic E-state index is -4.19. The molecule has 23 heavy (non-hydrogen) atoms. The topological polar surface area (TPSA) is 64.2 Å². The molecular formula is C14H15F3N4O2. The van der Waals surface area contributed by atoms with Crippen LogP contribution in [0.5, 0.6) is 0 Å². The molecule has 124 valence electrons. The molecule has 1 fully saturated rings. The van der Waals surface area contributed by atoms with E-state index < -0.39 is 17.0 Å². The summed E-state index contributed by atoms with van der Waals surface area (Å²) in [4.78, 5) is 12.0. The third-order valence-corrected chi connectivity index (χ3v) is 4.14. The predicted molar refractivity (Wildman–Crippen MR) is 76.7 cm³/mol. The molecule has 9 heteroatoms. The van der Waals surface area contributed by atoms with Gasteiger partial charge < -0.3 is 0 Å². The highest BCUT2D eigenvalue weighted by atomic mass is 19.4. The molecular weight excluding hydrogens is 313 g/mol. The van der Waals surface area contributed by atoms with Crippen LogP contribution in [-0.2, 0) is 6.67 Å². The molecule has 2 aromatic rings. The monoisotopic (exact) mass is 328 g/mol. The Morgan fingerprint density at radius 1 is 1.39 bits per heavy atom. The SMILES string of the molecule is O=[N+]([O-])c1ccc2cnn(CN3CCCC(C(F)(F)F)C3)c2c1. The van der Waals surface area contributed by atoms with Gasteiger partial charge in [-0.3, -0.25) is 19.7 Å². The predicted octanol–water partition coefficient (Wildman–Crippen LogP) is 3.18. The molecule has 1 aliphatic rings. The zero-order chi connectivity index (χ0) is 16.6. The fraction of sp³-hybridized carbons (Fsp3) is 0.500. The van der Waals surface area contributed by atoms with Crippen LogP contribution in [0.1, 0.15) is 12.8 Å². The van der Waals surface area contributed by atoms with Crippen molar-refractivity contribution in [2.45, 2.75) is 25.7 Å². The number of nitro benzene ring substituents is 1. The van der Waals surface area contributed by atoms with Crippen LogP contribution >= 0.6 is 0 Å². The number of non-ortho nitro benzene ring substituents is 1. The highest BCUT2D eigenvalue weighted by Crippen LogP contribution is 2.33. The van der Waals surface area contributed by atoms with Gasteiger partial charge in [-0.1, -0.05) is 0 Å². The summed E-state index contributed by atoms with van der Waals surface area (Å²) in [5.41, 5.74) is 0.486. The van der Waals surface area contributed by atoms with Crippen LogP contribution in [0.2, 0.25) is 0 Å². The number of halogens is 3.